The van der Waals surface area contributed by atoms with E-state index in [0.717, 1.165) is 28.8 Å². The van der Waals surface area contributed by atoms with Gasteiger partial charge in [0.1, 0.15) is 4.38 Å². The molecule has 0 aromatic heterocycles. The summed E-state index contributed by atoms with van der Waals surface area (Å²) in [7, 11) is 0. The average Bonchev–Trinajstić information content (AvgIpc) is 2.74. The zero-order valence-corrected chi connectivity index (χ0v) is 11.1. The topological polar surface area (TPSA) is 41.5 Å². The highest BCUT2D eigenvalue weighted by atomic mass is 32.2. The van der Waals surface area contributed by atoms with E-state index in [1.54, 1.807) is 11.8 Å². The number of thioether (sulfide) groups is 2. The van der Waals surface area contributed by atoms with Gasteiger partial charge in [-0.3, -0.25) is 9.79 Å². The molecule has 3 nitrogen and oxygen atoms in total. The predicted octanol–water partition coefficient (Wildman–Crippen LogP) is 2.90. The minimum atomic E-state index is -0.00469. The molecule has 1 N–H and O–H groups in total. The maximum Gasteiger partial charge on any atom is 0.285 e. The van der Waals surface area contributed by atoms with Crippen molar-refractivity contribution in [3.63, 3.8) is 0 Å². The Morgan fingerprint density at radius 3 is 3.00 bits per heavy atom. The summed E-state index contributed by atoms with van der Waals surface area (Å²) in [4.78, 5) is 15.4. The molecule has 0 unspecified atom stereocenters. The molecular weight excluding hydrogens is 248 g/mol. The van der Waals surface area contributed by atoms with Gasteiger partial charge in [0.25, 0.3) is 5.24 Å². The van der Waals surface area contributed by atoms with E-state index in [1.807, 2.05) is 0 Å². The summed E-state index contributed by atoms with van der Waals surface area (Å²) >= 11 is 6.90. The lowest BCUT2D eigenvalue weighted by atomic mass is 10.5. The van der Waals surface area contributed by atoms with E-state index in [0.29, 0.717) is 6.54 Å². The van der Waals surface area contributed by atoms with Crippen LogP contribution in [0.4, 0.5) is 4.79 Å². The third-order valence-electron chi connectivity index (χ3n) is 1.34. The van der Waals surface area contributed by atoms with E-state index in [2.05, 4.69) is 36.1 Å². The van der Waals surface area contributed by atoms with Gasteiger partial charge in [0.15, 0.2) is 0 Å². The van der Waals surface area contributed by atoms with Crippen molar-refractivity contribution in [2.24, 2.45) is 4.99 Å². The Balaban J connectivity index is 0. The molecule has 0 saturated carbocycles. The molecule has 0 aromatic carbocycles. The monoisotopic (exact) mass is 266 g/mol. The second-order valence-corrected chi connectivity index (χ2v) is 5.14. The summed E-state index contributed by atoms with van der Waals surface area (Å²) in [6.07, 6.45) is 0.912. The van der Waals surface area contributed by atoms with Crippen molar-refractivity contribution >= 4 is 45.8 Å². The van der Waals surface area contributed by atoms with Crippen molar-refractivity contribution in [3.8, 4) is 0 Å². The summed E-state index contributed by atoms with van der Waals surface area (Å²) in [5.74, 6) is 1.81. The van der Waals surface area contributed by atoms with E-state index in [-0.39, 0.29) is 6.67 Å². The zero-order valence-electron chi connectivity index (χ0n) is 8.57. The third-order valence-corrected chi connectivity index (χ3v) is 3.66. The Hall–Kier alpha value is -0.0700. The van der Waals surface area contributed by atoms with Crippen LogP contribution in [0.5, 0.6) is 0 Å². The van der Waals surface area contributed by atoms with Gasteiger partial charge in [0.05, 0.1) is 6.54 Å². The van der Waals surface area contributed by atoms with Gasteiger partial charge in [-0.2, -0.15) is 12.6 Å². The molecule has 0 bridgehead atoms. The van der Waals surface area contributed by atoms with Gasteiger partial charge in [-0.05, 0) is 23.9 Å². The maximum absolute atomic E-state index is 11.2. The molecule has 1 heterocycles. The van der Waals surface area contributed by atoms with Crippen molar-refractivity contribution in [3.05, 3.63) is 13.2 Å². The highest BCUT2D eigenvalue weighted by molar-refractivity contribution is 8.45. The Kier molecular flexibility index (Phi) is 10.4. The maximum atomic E-state index is 11.2. The fraction of sp³-hybridized carbons (Fsp3) is 0.556. The molecule has 88 valence electrons. The lowest BCUT2D eigenvalue weighted by Gasteiger charge is -2.01. The molecule has 0 fully saturated rings. The number of nitrogens with zero attached hydrogens (tertiary/aromatic N) is 1. The van der Waals surface area contributed by atoms with Crippen LogP contribution in [0, 0.1) is 0 Å². The Morgan fingerprint density at radius 2 is 2.47 bits per heavy atom. The van der Waals surface area contributed by atoms with Crippen LogP contribution in [0.15, 0.2) is 18.2 Å². The number of hydrogen-bond donors (Lipinski definition) is 2. The number of thiol groups is 1. The number of amides is 1. The number of aliphatic imine (C=N–C) groups is 1. The highest BCUT2D eigenvalue weighted by Gasteiger charge is 2.12. The van der Waals surface area contributed by atoms with E-state index in [9.17, 15) is 4.79 Å². The standard InChI is InChI=1S/C7H12N2OS3.C2H4.H2/c10-6(8-2-1-4-11)13-7-9-3-5-12-7;1-2;/h11H,1-5H2,(H,8,10);1-2H2;1H. The number of carbonyl (C=O) groups is 1. The normalized spacial score (nSPS) is 13.8. The largest absolute Gasteiger partial charge is 0.347 e. The molecule has 1 amide bonds. The molecule has 0 aromatic rings. The molecule has 0 atom stereocenters. The molecule has 15 heavy (non-hydrogen) atoms. The molecule has 0 spiro atoms. The fourth-order valence-corrected chi connectivity index (χ4v) is 2.66. The SMILES string of the molecule is C=C.O=C(NCCCS)SC1=NCCS1.[HH]. The molecule has 0 saturated heterocycles. The van der Waals surface area contributed by atoms with Gasteiger partial charge >= 0.3 is 0 Å². The van der Waals surface area contributed by atoms with Gasteiger partial charge in [-0.1, -0.05) is 11.8 Å². The first-order valence-electron chi connectivity index (χ1n) is 4.56. The van der Waals surface area contributed by atoms with Crippen LogP contribution in [-0.4, -0.2) is 34.2 Å². The lowest BCUT2D eigenvalue weighted by molar-refractivity contribution is 0.261. The number of rotatable bonds is 3. The summed E-state index contributed by atoms with van der Waals surface area (Å²) in [5, 5.41) is 2.79. The van der Waals surface area contributed by atoms with Gasteiger partial charge in [0, 0.05) is 13.7 Å². The van der Waals surface area contributed by atoms with E-state index in [1.165, 1.54) is 11.8 Å². The van der Waals surface area contributed by atoms with Crippen molar-refractivity contribution in [2.45, 2.75) is 6.42 Å². The quantitative estimate of drug-likeness (QED) is 0.469. The van der Waals surface area contributed by atoms with Crippen LogP contribution in [0.2, 0.25) is 0 Å². The van der Waals surface area contributed by atoms with Crippen LogP contribution in [0.1, 0.15) is 7.85 Å². The molecule has 1 aliphatic rings. The second kappa shape index (κ2) is 10.4. The number of nitrogens with one attached hydrogen (secondary N) is 1. The minimum absolute atomic E-state index is 0. The average molecular weight is 266 g/mol. The lowest BCUT2D eigenvalue weighted by Crippen LogP contribution is -2.20. The van der Waals surface area contributed by atoms with Gasteiger partial charge < -0.3 is 5.32 Å². The van der Waals surface area contributed by atoms with Gasteiger partial charge in [-0.15, -0.1) is 13.2 Å². The van der Waals surface area contributed by atoms with E-state index >= 15 is 0 Å². The van der Waals surface area contributed by atoms with Crippen LogP contribution in [-0.2, 0) is 0 Å². The summed E-state index contributed by atoms with van der Waals surface area (Å²) in [5.41, 5.74) is 0. The fourth-order valence-electron chi connectivity index (χ4n) is 0.762. The van der Waals surface area contributed by atoms with Crippen LogP contribution < -0.4 is 5.32 Å². The van der Waals surface area contributed by atoms with Crippen molar-refractivity contribution < 1.29 is 6.22 Å². The van der Waals surface area contributed by atoms with Crippen LogP contribution in [0.25, 0.3) is 0 Å². The first kappa shape index (κ1) is 14.9. The van der Waals surface area contributed by atoms with E-state index < -0.39 is 0 Å². The summed E-state index contributed by atoms with van der Waals surface area (Å²) in [6, 6.07) is 0. The molecule has 0 radical (unpaired) electrons. The second-order valence-electron chi connectivity index (χ2n) is 2.39. The first-order valence-corrected chi connectivity index (χ1v) is 7.00. The van der Waals surface area contributed by atoms with Crippen LogP contribution >= 0.6 is 36.2 Å². The Bertz CT molecular complexity index is 227. The van der Waals surface area contributed by atoms with Crippen molar-refractivity contribution in [1.29, 1.82) is 0 Å². The third kappa shape index (κ3) is 7.81. The molecule has 6 heteroatoms. The first-order chi connectivity index (χ1) is 7.33. The molecule has 1 aliphatic heterocycles. The van der Waals surface area contributed by atoms with Gasteiger partial charge in [0.2, 0.25) is 0 Å². The summed E-state index contributed by atoms with van der Waals surface area (Å²) < 4.78 is 0.892. The van der Waals surface area contributed by atoms with Crippen LogP contribution in [0.3, 0.4) is 0 Å². The Morgan fingerprint density at radius 1 is 1.73 bits per heavy atom. The smallest absolute Gasteiger partial charge is 0.285 e. The van der Waals surface area contributed by atoms with Crippen molar-refractivity contribution in [2.75, 3.05) is 24.6 Å². The number of carbonyl (C=O) groups excluding carboxylic acids is 1. The van der Waals surface area contributed by atoms with Gasteiger partial charge in [-0.25, -0.2) is 0 Å². The molecular formula is C9H18N2OS3. The highest BCUT2D eigenvalue weighted by Crippen LogP contribution is 2.22. The number of hydrogen-bond acceptors (Lipinski definition) is 5. The predicted molar refractivity (Wildman–Crippen MR) is 77.6 cm³/mol. The summed E-state index contributed by atoms with van der Waals surface area (Å²) in [6.45, 7) is 7.55. The minimum Gasteiger partial charge on any atom is -0.347 e. The van der Waals surface area contributed by atoms with Crippen molar-refractivity contribution in [1.82, 2.24) is 5.32 Å². The molecule has 0 aliphatic carbocycles. The zero-order chi connectivity index (χ0) is 11.5. The van der Waals surface area contributed by atoms with E-state index in [4.69, 9.17) is 0 Å². The molecule has 1 rings (SSSR count). The Labute approximate surface area is 106 Å².